The number of allylic oxidation sites excluding steroid dienone is 2. The number of carbonyl (C=O) groups excluding carboxylic acids is 1. The molecule has 0 aromatic heterocycles. The number of ketones is 1. The van der Waals surface area contributed by atoms with Crippen LogP contribution < -0.4 is 5.43 Å². The lowest BCUT2D eigenvalue weighted by molar-refractivity contribution is -0.139. The van der Waals surface area contributed by atoms with Crippen LogP contribution in [-0.4, -0.2) is 28.4 Å². The van der Waals surface area contributed by atoms with Gasteiger partial charge in [0.1, 0.15) is 0 Å². The first-order valence-corrected chi connectivity index (χ1v) is 7.25. The van der Waals surface area contributed by atoms with E-state index in [1.807, 2.05) is 35.3 Å². The number of aliphatic carboxylic acids is 1. The van der Waals surface area contributed by atoms with Crippen molar-refractivity contribution in [2.45, 2.75) is 6.54 Å². The summed E-state index contributed by atoms with van der Waals surface area (Å²) in [5.74, 6) is -3.44. The molecule has 2 atom stereocenters. The summed E-state index contributed by atoms with van der Waals surface area (Å²) in [6.07, 6.45) is 3.19. The number of rotatable bonds is 4. The summed E-state index contributed by atoms with van der Waals surface area (Å²) in [6.45, 7) is 1.02. The molecular weight excluding hydrogens is 294 g/mol. The van der Waals surface area contributed by atoms with Gasteiger partial charge in [0, 0.05) is 17.8 Å². The fourth-order valence-corrected chi connectivity index (χ4v) is 2.89. The van der Waals surface area contributed by atoms with E-state index in [-0.39, 0.29) is 11.4 Å². The standard InChI is InChI=1S/C17H15N3O3/c18-8-13(17(22)23)12-6-7-15-14(16(12)21)9-19-20(15)10-11-4-2-1-3-5-11/h1-7,13-14,19H,9-10H2,(H,22,23). The lowest BCUT2D eigenvalue weighted by Crippen LogP contribution is -2.30. The summed E-state index contributed by atoms with van der Waals surface area (Å²) in [4.78, 5) is 23.6. The molecule has 1 aromatic rings. The average Bonchev–Trinajstić information content (AvgIpc) is 2.95. The number of hydrazine groups is 1. The first kappa shape index (κ1) is 15.0. The fraction of sp³-hybridized carbons (Fsp3) is 0.235. The molecule has 116 valence electrons. The van der Waals surface area contributed by atoms with Crippen LogP contribution in [0.4, 0.5) is 0 Å². The largest absolute Gasteiger partial charge is 0.480 e. The van der Waals surface area contributed by atoms with Gasteiger partial charge in [-0.05, 0) is 11.6 Å². The zero-order valence-corrected chi connectivity index (χ0v) is 12.3. The van der Waals surface area contributed by atoms with Crippen LogP contribution >= 0.6 is 0 Å². The minimum absolute atomic E-state index is 0.0529. The maximum atomic E-state index is 12.5. The molecule has 1 heterocycles. The number of carboxylic acids is 1. The van der Waals surface area contributed by atoms with E-state index in [0.717, 1.165) is 11.3 Å². The summed E-state index contributed by atoms with van der Waals surface area (Å²) < 4.78 is 0. The van der Waals surface area contributed by atoms with Crippen molar-refractivity contribution in [1.82, 2.24) is 10.4 Å². The summed E-state index contributed by atoms with van der Waals surface area (Å²) in [7, 11) is 0. The molecule has 0 amide bonds. The lowest BCUT2D eigenvalue weighted by atomic mass is 9.84. The topological polar surface area (TPSA) is 93.4 Å². The minimum Gasteiger partial charge on any atom is -0.480 e. The molecule has 1 fully saturated rings. The van der Waals surface area contributed by atoms with Crippen molar-refractivity contribution < 1.29 is 14.7 Å². The number of carbonyl (C=O) groups is 2. The van der Waals surface area contributed by atoms with Gasteiger partial charge >= 0.3 is 5.97 Å². The number of fused-ring (bicyclic) bond motifs is 1. The molecule has 3 rings (SSSR count). The average molecular weight is 309 g/mol. The maximum absolute atomic E-state index is 12.5. The number of hydrogen-bond acceptors (Lipinski definition) is 5. The highest BCUT2D eigenvalue weighted by Crippen LogP contribution is 2.32. The van der Waals surface area contributed by atoms with Gasteiger partial charge in [0.05, 0.1) is 18.5 Å². The van der Waals surface area contributed by atoms with Crippen molar-refractivity contribution in [3.63, 3.8) is 0 Å². The van der Waals surface area contributed by atoms with Gasteiger partial charge < -0.3 is 10.1 Å². The Morgan fingerprint density at radius 3 is 2.78 bits per heavy atom. The van der Waals surface area contributed by atoms with E-state index in [1.54, 1.807) is 12.1 Å². The molecule has 2 N–H and O–H groups in total. The molecule has 2 aliphatic rings. The van der Waals surface area contributed by atoms with Crippen molar-refractivity contribution in [3.8, 4) is 6.07 Å². The van der Waals surface area contributed by atoms with Gasteiger partial charge in [-0.15, -0.1) is 0 Å². The third-order valence-electron chi connectivity index (χ3n) is 4.06. The Hall–Kier alpha value is -2.91. The molecule has 0 radical (unpaired) electrons. The monoisotopic (exact) mass is 309 g/mol. The minimum atomic E-state index is -1.41. The van der Waals surface area contributed by atoms with E-state index >= 15 is 0 Å². The van der Waals surface area contributed by atoms with Crippen molar-refractivity contribution in [2.24, 2.45) is 11.8 Å². The quantitative estimate of drug-likeness (QED) is 0.869. The number of nitriles is 1. The van der Waals surface area contributed by atoms with E-state index in [0.29, 0.717) is 13.1 Å². The fourth-order valence-electron chi connectivity index (χ4n) is 2.89. The van der Waals surface area contributed by atoms with Gasteiger partial charge in [-0.3, -0.25) is 9.59 Å². The van der Waals surface area contributed by atoms with Crippen LogP contribution in [-0.2, 0) is 16.1 Å². The number of Topliss-reactive ketones (excluding diaryl/α,β-unsaturated/α-hetero) is 1. The first-order chi connectivity index (χ1) is 11.1. The molecule has 0 bridgehead atoms. The van der Waals surface area contributed by atoms with Gasteiger partial charge in [-0.2, -0.15) is 5.26 Å². The Bertz CT molecular complexity index is 746. The van der Waals surface area contributed by atoms with Crippen molar-refractivity contribution >= 4 is 11.8 Å². The highest BCUT2D eigenvalue weighted by Gasteiger charge is 2.40. The maximum Gasteiger partial charge on any atom is 0.325 e. The predicted molar refractivity (Wildman–Crippen MR) is 81.4 cm³/mol. The molecule has 1 aliphatic heterocycles. The van der Waals surface area contributed by atoms with Crippen LogP contribution in [0.1, 0.15) is 5.56 Å². The highest BCUT2D eigenvalue weighted by molar-refractivity contribution is 6.05. The number of carboxylic acid groups (broad SMARTS) is 1. The second-order valence-electron chi connectivity index (χ2n) is 5.46. The van der Waals surface area contributed by atoms with Crippen LogP contribution in [0.5, 0.6) is 0 Å². The number of hydrogen-bond donors (Lipinski definition) is 2. The first-order valence-electron chi connectivity index (χ1n) is 7.25. The Morgan fingerprint density at radius 1 is 1.39 bits per heavy atom. The molecule has 0 saturated carbocycles. The van der Waals surface area contributed by atoms with Crippen molar-refractivity contribution in [3.05, 3.63) is 59.3 Å². The normalized spacial score (nSPS) is 21.1. The second kappa shape index (κ2) is 6.07. The molecule has 6 heteroatoms. The zero-order valence-electron chi connectivity index (χ0n) is 12.3. The number of nitrogens with one attached hydrogen (secondary N) is 1. The second-order valence-corrected chi connectivity index (χ2v) is 5.46. The summed E-state index contributed by atoms with van der Waals surface area (Å²) >= 11 is 0. The lowest BCUT2D eigenvalue weighted by Gasteiger charge is -2.24. The molecule has 23 heavy (non-hydrogen) atoms. The van der Waals surface area contributed by atoms with Gasteiger partial charge in [-0.1, -0.05) is 36.4 Å². The van der Waals surface area contributed by atoms with Gasteiger partial charge in [0.2, 0.25) is 0 Å². The van der Waals surface area contributed by atoms with E-state index in [1.165, 1.54) is 6.08 Å². The third-order valence-corrected chi connectivity index (χ3v) is 4.06. The zero-order chi connectivity index (χ0) is 16.4. The Kier molecular flexibility index (Phi) is 3.96. The van der Waals surface area contributed by atoms with Crippen LogP contribution in [0.2, 0.25) is 0 Å². The molecule has 1 saturated heterocycles. The molecule has 1 aromatic carbocycles. The van der Waals surface area contributed by atoms with Crippen LogP contribution in [0, 0.1) is 23.2 Å². The SMILES string of the molecule is N#CC(C(=O)O)C1=CC=C2C(CNN2Cc2ccccc2)C1=O. The molecular formula is C17H15N3O3. The van der Waals surface area contributed by atoms with Crippen LogP contribution in [0.25, 0.3) is 0 Å². The highest BCUT2D eigenvalue weighted by atomic mass is 16.4. The molecule has 2 unspecified atom stereocenters. The Morgan fingerprint density at radius 2 is 2.13 bits per heavy atom. The van der Waals surface area contributed by atoms with E-state index < -0.39 is 17.8 Å². The molecule has 6 nitrogen and oxygen atoms in total. The third kappa shape index (κ3) is 2.74. The van der Waals surface area contributed by atoms with Crippen molar-refractivity contribution in [2.75, 3.05) is 6.54 Å². The summed E-state index contributed by atoms with van der Waals surface area (Å²) in [6, 6.07) is 11.5. The molecule has 1 aliphatic carbocycles. The van der Waals surface area contributed by atoms with Gasteiger partial charge in [-0.25, -0.2) is 5.43 Å². The van der Waals surface area contributed by atoms with Crippen LogP contribution in [0.15, 0.2) is 53.8 Å². The van der Waals surface area contributed by atoms with E-state index in [4.69, 9.17) is 10.4 Å². The van der Waals surface area contributed by atoms with Crippen LogP contribution in [0.3, 0.4) is 0 Å². The summed E-state index contributed by atoms with van der Waals surface area (Å²) in [5.41, 5.74) is 5.13. The number of nitrogens with zero attached hydrogens (tertiary/aromatic N) is 2. The Labute approximate surface area is 133 Å². The summed E-state index contributed by atoms with van der Waals surface area (Å²) in [5, 5.41) is 19.9. The smallest absolute Gasteiger partial charge is 0.325 e. The predicted octanol–water partition coefficient (Wildman–Crippen LogP) is 1.24. The number of benzene rings is 1. The van der Waals surface area contributed by atoms with Gasteiger partial charge in [0.15, 0.2) is 11.7 Å². The Balaban J connectivity index is 1.85. The van der Waals surface area contributed by atoms with E-state index in [2.05, 4.69) is 5.43 Å². The van der Waals surface area contributed by atoms with E-state index in [9.17, 15) is 9.59 Å². The van der Waals surface area contributed by atoms with Crippen molar-refractivity contribution in [1.29, 1.82) is 5.26 Å². The molecule has 0 spiro atoms. The van der Waals surface area contributed by atoms with Gasteiger partial charge in [0.25, 0.3) is 0 Å².